The van der Waals surface area contributed by atoms with Crippen LogP contribution in [0.5, 0.6) is 5.75 Å². The Hall–Kier alpha value is -2.11. The van der Waals surface area contributed by atoms with Crippen molar-refractivity contribution in [1.29, 1.82) is 0 Å². The fraction of sp³-hybridized carbons (Fsp3) is 0.615. The zero-order valence-corrected chi connectivity index (χ0v) is 19.5. The van der Waals surface area contributed by atoms with E-state index in [-0.39, 0.29) is 17.1 Å². The van der Waals surface area contributed by atoms with Gasteiger partial charge in [0.2, 0.25) is 5.82 Å². The zero-order chi connectivity index (χ0) is 23.2. The summed E-state index contributed by atoms with van der Waals surface area (Å²) in [5.74, 6) is -1.94. The molecule has 1 aromatic heterocycles. The molecule has 3 nitrogen and oxygen atoms in total. The van der Waals surface area contributed by atoms with E-state index in [0.29, 0.717) is 13.0 Å². The van der Waals surface area contributed by atoms with Crippen molar-refractivity contribution in [2.45, 2.75) is 97.1 Å². The Morgan fingerprint density at radius 2 is 1.50 bits per heavy atom. The molecule has 1 atom stereocenters. The second-order valence-electron chi connectivity index (χ2n) is 8.50. The summed E-state index contributed by atoms with van der Waals surface area (Å²) >= 11 is 0. The molecule has 2 aromatic rings. The van der Waals surface area contributed by atoms with Gasteiger partial charge in [0.25, 0.3) is 0 Å². The third-order valence-corrected chi connectivity index (χ3v) is 5.57. The van der Waals surface area contributed by atoms with Crippen LogP contribution in [-0.4, -0.2) is 22.7 Å². The summed E-state index contributed by atoms with van der Waals surface area (Å²) in [5, 5.41) is 0. The lowest BCUT2D eigenvalue weighted by molar-refractivity contribution is 0.285. The maximum atomic E-state index is 14.6. The molecule has 0 aliphatic heterocycles. The van der Waals surface area contributed by atoms with Gasteiger partial charge in [0.05, 0.1) is 18.3 Å². The minimum absolute atomic E-state index is 0.0136. The maximum absolute atomic E-state index is 14.6. The standard InChI is InChI=1S/C26H37F3N2O/c1-3-4-5-6-7-8-9-12-17-32-23-16-15-22(24(28)25(23)29)26-30-18-21(19-31-26)14-11-10-13-20(2)27/h15-16,18-20H,3-14,17H2,1-2H3. The van der Waals surface area contributed by atoms with E-state index in [1.54, 1.807) is 19.3 Å². The van der Waals surface area contributed by atoms with Crippen molar-refractivity contribution < 1.29 is 17.9 Å². The molecule has 1 heterocycles. The highest BCUT2D eigenvalue weighted by Crippen LogP contribution is 2.28. The first-order chi connectivity index (χ1) is 15.5. The van der Waals surface area contributed by atoms with Crippen molar-refractivity contribution in [3.8, 4) is 17.1 Å². The van der Waals surface area contributed by atoms with Gasteiger partial charge in [0.15, 0.2) is 17.4 Å². The molecule has 1 aromatic carbocycles. The van der Waals surface area contributed by atoms with E-state index in [1.807, 2.05) is 0 Å². The Bertz CT molecular complexity index is 781. The highest BCUT2D eigenvalue weighted by molar-refractivity contribution is 5.57. The SMILES string of the molecule is CCCCCCCCCCOc1ccc(-c2ncc(CCCCC(C)F)cn2)c(F)c1F. The smallest absolute Gasteiger partial charge is 0.201 e. The van der Waals surface area contributed by atoms with Crippen LogP contribution in [0.1, 0.15) is 90.0 Å². The van der Waals surface area contributed by atoms with E-state index < -0.39 is 17.8 Å². The van der Waals surface area contributed by atoms with Crippen LogP contribution in [0.2, 0.25) is 0 Å². The van der Waals surface area contributed by atoms with E-state index in [4.69, 9.17) is 4.74 Å². The fourth-order valence-electron chi connectivity index (χ4n) is 3.61. The summed E-state index contributed by atoms with van der Waals surface area (Å²) in [6.07, 6.45) is 14.6. The van der Waals surface area contributed by atoms with Crippen LogP contribution in [0, 0.1) is 11.6 Å². The summed E-state index contributed by atoms with van der Waals surface area (Å²) in [7, 11) is 0. The molecule has 0 aliphatic carbocycles. The quantitative estimate of drug-likeness (QED) is 0.243. The second kappa shape index (κ2) is 14.9. The molecule has 1 unspecified atom stereocenters. The normalized spacial score (nSPS) is 12.2. The van der Waals surface area contributed by atoms with Gasteiger partial charge in [-0.25, -0.2) is 18.7 Å². The predicted octanol–water partition coefficient (Wildman–Crippen LogP) is 8.01. The summed E-state index contributed by atoms with van der Waals surface area (Å²) in [6.45, 7) is 4.13. The first-order valence-electron chi connectivity index (χ1n) is 12.1. The molecule has 2 rings (SSSR count). The number of aryl methyl sites for hydroxylation is 1. The number of alkyl halides is 1. The third-order valence-electron chi connectivity index (χ3n) is 5.57. The molecule has 0 saturated carbocycles. The van der Waals surface area contributed by atoms with Crippen molar-refractivity contribution in [2.24, 2.45) is 0 Å². The molecule has 6 heteroatoms. The van der Waals surface area contributed by atoms with E-state index in [9.17, 15) is 13.2 Å². The summed E-state index contributed by atoms with van der Waals surface area (Å²) in [4.78, 5) is 8.37. The first kappa shape index (κ1) is 26.1. The second-order valence-corrected chi connectivity index (χ2v) is 8.50. The van der Waals surface area contributed by atoms with Crippen LogP contribution >= 0.6 is 0 Å². The lowest BCUT2D eigenvalue weighted by atomic mass is 10.1. The molecule has 0 N–H and O–H groups in total. The van der Waals surface area contributed by atoms with Crippen LogP contribution < -0.4 is 4.74 Å². The average molecular weight is 451 g/mol. The van der Waals surface area contributed by atoms with E-state index in [0.717, 1.165) is 44.1 Å². The molecular formula is C26H37F3N2O. The summed E-state index contributed by atoms with van der Waals surface area (Å²) < 4.78 is 47.3. The molecule has 178 valence electrons. The topological polar surface area (TPSA) is 35.0 Å². The number of halogens is 3. The van der Waals surface area contributed by atoms with Crippen molar-refractivity contribution in [2.75, 3.05) is 6.61 Å². The van der Waals surface area contributed by atoms with Crippen molar-refractivity contribution in [3.05, 3.63) is 41.7 Å². The van der Waals surface area contributed by atoms with Crippen molar-refractivity contribution in [3.63, 3.8) is 0 Å². The lowest BCUT2D eigenvalue weighted by Crippen LogP contribution is -2.03. The number of nitrogens with zero attached hydrogens (tertiary/aromatic N) is 2. The number of hydrogen-bond donors (Lipinski definition) is 0. The highest BCUT2D eigenvalue weighted by atomic mass is 19.2. The fourth-order valence-corrected chi connectivity index (χ4v) is 3.61. The van der Waals surface area contributed by atoms with Gasteiger partial charge in [-0.05, 0) is 50.3 Å². The summed E-state index contributed by atoms with van der Waals surface area (Å²) in [6, 6.07) is 2.90. The largest absolute Gasteiger partial charge is 0.490 e. The minimum Gasteiger partial charge on any atom is -0.490 e. The third kappa shape index (κ3) is 9.17. The van der Waals surface area contributed by atoms with Gasteiger partial charge in [-0.15, -0.1) is 0 Å². The number of ether oxygens (including phenoxy) is 1. The maximum Gasteiger partial charge on any atom is 0.201 e. The van der Waals surface area contributed by atoms with Crippen LogP contribution in [-0.2, 0) is 6.42 Å². The molecule has 0 bridgehead atoms. The highest BCUT2D eigenvalue weighted by Gasteiger charge is 2.17. The average Bonchev–Trinajstić information content (AvgIpc) is 2.79. The molecule has 0 amide bonds. The molecular weight excluding hydrogens is 413 g/mol. The van der Waals surface area contributed by atoms with Crippen LogP contribution in [0.3, 0.4) is 0 Å². The van der Waals surface area contributed by atoms with E-state index in [2.05, 4.69) is 16.9 Å². The molecule has 0 spiro atoms. The van der Waals surface area contributed by atoms with Crippen molar-refractivity contribution in [1.82, 2.24) is 9.97 Å². The molecule has 0 radical (unpaired) electrons. The van der Waals surface area contributed by atoms with Crippen LogP contribution in [0.25, 0.3) is 11.4 Å². The number of unbranched alkanes of at least 4 members (excludes halogenated alkanes) is 8. The van der Waals surface area contributed by atoms with Gasteiger partial charge in [0.1, 0.15) is 0 Å². The van der Waals surface area contributed by atoms with Gasteiger partial charge >= 0.3 is 0 Å². The Kier molecular flexibility index (Phi) is 12.1. The van der Waals surface area contributed by atoms with E-state index >= 15 is 0 Å². The number of hydrogen-bond acceptors (Lipinski definition) is 3. The molecule has 0 aliphatic rings. The number of aromatic nitrogens is 2. The molecule has 0 saturated heterocycles. The van der Waals surface area contributed by atoms with Gasteiger partial charge < -0.3 is 4.74 Å². The van der Waals surface area contributed by atoms with Gasteiger partial charge in [-0.1, -0.05) is 58.3 Å². The monoisotopic (exact) mass is 450 g/mol. The van der Waals surface area contributed by atoms with Gasteiger partial charge in [0, 0.05) is 12.4 Å². The minimum atomic E-state index is -1.00. The van der Waals surface area contributed by atoms with Gasteiger partial charge in [-0.3, -0.25) is 0 Å². The Labute approximate surface area is 190 Å². The molecule has 32 heavy (non-hydrogen) atoms. The zero-order valence-electron chi connectivity index (χ0n) is 19.5. The molecule has 0 fully saturated rings. The predicted molar refractivity (Wildman–Crippen MR) is 124 cm³/mol. The Morgan fingerprint density at radius 1 is 0.844 bits per heavy atom. The number of rotatable bonds is 16. The summed E-state index contributed by atoms with van der Waals surface area (Å²) in [5.41, 5.74) is 0.909. The lowest BCUT2D eigenvalue weighted by Gasteiger charge is -2.10. The number of benzene rings is 1. The van der Waals surface area contributed by atoms with Crippen LogP contribution in [0.15, 0.2) is 24.5 Å². The first-order valence-corrected chi connectivity index (χ1v) is 12.1. The van der Waals surface area contributed by atoms with E-state index in [1.165, 1.54) is 44.2 Å². The Balaban J connectivity index is 1.80. The van der Waals surface area contributed by atoms with Crippen molar-refractivity contribution >= 4 is 0 Å². The van der Waals surface area contributed by atoms with Gasteiger partial charge in [-0.2, -0.15) is 4.39 Å². The Morgan fingerprint density at radius 3 is 2.16 bits per heavy atom. The van der Waals surface area contributed by atoms with Crippen LogP contribution in [0.4, 0.5) is 13.2 Å².